The van der Waals surface area contributed by atoms with Crippen molar-refractivity contribution in [2.45, 2.75) is 50.3 Å². The van der Waals surface area contributed by atoms with Gasteiger partial charge in [-0.15, -0.1) is 11.8 Å². The number of carbonyl (C=O) groups excluding carboxylic acids is 1. The first kappa shape index (κ1) is 18.8. The van der Waals surface area contributed by atoms with E-state index in [0.717, 1.165) is 24.2 Å². The number of amides is 1. The fourth-order valence-electron chi connectivity index (χ4n) is 3.29. The highest BCUT2D eigenvalue weighted by Gasteiger charge is 2.24. The van der Waals surface area contributed by atoms with E-state index in [1.54, 1.807) is 23.9 Å². The zero-order chi connectivity index (χ0) is 17.2. The summed E-state index contributed by atoms with van der Waals surface area (Å²) < 4.78 is 0. The van der Waals surface area contributed by atoms with Crippen LogP contribution in [0, 0.1) is 17.2 Å². The van der Waals surface area contributed by atoms with Crippen molar-refractivity contribution >= 4 is 17.7 Å². The van der Waals surface area contributed by atoms with Crippen LogP contribution < -0.4 is 5.32 Å². The van der Waals surface area contributed by atoms with E-state index in [1.165, 1.54) is 19.3 Å². The molecule has 0 spiro atoms. The fourth-order valence-corrected chi connectivity index (χ4v) is 4.09. The number of carbonyl (C=O) groups is 1. The van der Waals surface area contributed by atoms with E-state index >= 15 is 0 Å². The summed E-state index contributed by atoms with van der Waals surface area (Å²) in [7, 11) is 0. The number of hydrogen-bond donors (Lipinski definition) is 2. The van der Waals surface area contributed by atoms with Gasteiger partial charge in [0.25, 0.3) is 0 Å². The molecule has 4 nitrogen and oxygen atoms in total. The quantitative estimate of drug-likeness (QED) is 0.758. The molecule has 0 aromatic heterocycles. The van der Waals surface area contributed by atoms with E-state index in [4.69, 9.17) is 5.26 Å². The Balaban J connectivity index is 1.74. The first-order chi connectivity index (χ1) is 11.7. The molecule has 2 rings (SSSR count). The lowest BCUT2D eigenvalue weighted by Crippen LogP contribution is -2.42. The Morgan fingerprint density at radius 2 is 2.00 bits per heavy atom. The van der Waals surface area contributed by atoms with Crippen molar-refractivity contribution in [1.29, 1.82) is 5.26 Å². The minimum atomic E-state index is 0.0534. The van der Waals surface area contributed by atoms with Gasteiger partial charge in [0.2, 0.25) is 5.91 Å². The van der Waals surface area contributed by atoms with Gasteiger partial charge in [0.1, 0.15) is 0 Å². The summed E-state index contributed by atoms with van der Waals surface area (Å²) in [6.45, 7) is 0.125. The normalized spacial score (nSPS) is 16.3. The maximum Gasteiger partial charge on any atom is 0.230 e. The van der Waals surface area contributed by atoms with Crippen molar-refractivity contribution in [3.63, 3.8) is 0 Å². The van der Waals surface area contributed by atoms with Crippen LogP contribution in [0.1, 0.15) is 49.7 Å². The summed E-state index contributed by atoms with van der Waals surface area (Å²) in [5.41, 5.74) is 1.77. The van der Waals surface area contributed by atoms with Gasteiger partial charge in [0.15, 0.2) is 0 Å². The van der Waals surface area contributed by atoms with Gasteiger partial charge in [-0.2, -0.15) is 5.26 Å². The number of nitrogens with one attached hydrogen (secondary N) is 1. The maximum atomic E-state index is 12.2. The van der Waals surface area contributed by atoms with E-state index in [1.807, 2.05) is 12.1 Å². The zero-order valence-electron chi connectivity index (χ0n) is 14.0. The molecule has 1 saturated carbocycles. The molecule has 5 heteroatoms. The van der Waals surface area contributed by atoms with Gasteiger partial charge in [-0.25, -0.2) is 0 Å². The smallest absolute Gasteiger partial charge is 0.230 e. The minimum Gasteiger partial charge on any atom is -0.396 e. The largest absolute Gasteiger partial charge is 0.396 e. The van der Waals surface area contributed by atoms with Crippen molar-refractivity contribution in [1.82, 2.24) is 5.32 Å². The van der Waals surface area contributed by atoms with Crippen LogP contribution in [0.15, 0.2) is 24.3 Å². The number of rotatable bonds is 8. The second-order valence-electron chi connectivity index (χ2n) is 6.39. The molecule has 1 amide bonds. The lowest BCUT2D eigenvalue weighted by Gasteiger charge is -2.30. The molecule has 0 radical (unpaired) electrons. The predicted octanol–water partition coefficient (Wildman–Crippen LogP) is 3.24. The van der Waals surface area contributed by atoms with Crippen LogP contribution in [0.3, 0.4) is 0 Å². The van der Waals surface area contributed by atoms with Crippen molar-refractivity contribution in [2.24, 2.45) is 5.92 Å². The third-order valence-electron chi connectivity index (χ3n) is 4.59. The summed E-state index contributed by atoms with van der Waals surface area (Å²) in [5, 5.41) is 21.2. The first-order valence-corrected chi connectivity index (χ1v) is 9.85. The molecule has 0 aliphatic heterocycles. The monoisotopic (exact) mass is 346 g/mol. The van der Waals surface area contributed by atoms with Gasteiger partial charge >= 0.3 is 0 Å². The first-order valence-electron chi connectivity index (χ1n) is 8.70. The summed E-state index contributed by atoms with van der Waals surface area (Å²) in [4.78, 5) is 12.2. The summed E-state index contributed by atoms with van der Waals surface area (Å²) >= 11 is 1.58. The fraction of sp³-hybridized carbons (Fsp3) is 0.579. The van der Waals surface area contributed by atoms with E-state index in [2.05, 4.69) is 11.4 Å². The zero-order valence-corrected chi connectivity index (χ0v) is 14.9. The molecule has 130 valence electrons. The molecule has 0 saturated heterocycles. The van der Waals surface area contributed by atoms with Crippen LogP contribution in [0.25, 0.3) is 0 Å². The highest BCUT2D eigenvalue weighted by molar-refractivity contribution is 7.99. The Bertz CT molecular complexity index is 547. The third kappa shape index (κ3) is 6.18. The van der Waals surface area contributed by atoms with Crippen molar-refractivity contribution in [2.75, 3.05) is 12.4 Å². The van der Waals surface area contributed by atoms with E-state index in [9.17, 15) is 9.90 Å². The molecule has 24 heavy (non-hydrogen) atoms. The number of nitriles is 1. The van der Waals surface area contributed by atoms with Gasteiger partial charge in [-0.05, 0) is 42.9 Å². The number of thioether (sulfide) groups is 1. The van der Waals surface area contributed by atoms with Crippen LogP contribution >= 0.6 is 11.8 Å². The van der Waals surface area contributed by atoms with Crippen molar-refractivity contribution in [3.8, 4) is 6.07 Å². The van der Waals surface area contributed by atoms with Crippen LogP contribution in [-0.4, -0.2) is 29.4 Å². The average Bonchev–Trinajstić information content (AvgIpc) is 2.63. The summed E-state index contributed by atoms with van der Waals surface area (Å²) in [5.74, 6) is 1.75. The molecule has 1 aromatic rings. The Kier molecular flexibility index (Phi) is 8.14. The van der Waals surface area contributed by atoms with Gasteiger partial charge < -0.3 is 10.4 Å². The van der Waals surface area contributed by atoms with Gasteiger partial charge in [0, 0.05) is 18.4 Å². The number of aliphatic hydroxyl groups is 1. The molecule has 2 N–H and O–H groups in total. The Labute approximate surface area is 148 Å². The minimum absolute atomic E-state index is 0.0534. The second kappa shape index (κ2) is 10.4. The molecule has 1 aliphatic rings. The molecule has 0 heterocycles. The van der Waals surface area contributed by atoms with Gasteiger partial charge in [0.05, 0.1) is 17.4 Å². The molecule has 1 fully saturated rings. The number of hydrogen-bond acceptors (Lipinski definition) is 4. The molecule has 1 unspecified atom stereocenters. The van der Waals surface area contributed by atoms with Crippen LogP contribution in [-0.2, 0) is 10.5 Å². The maximum absolute atomic E-state index is 12.2. The standard InChI is InChI=1S/C19H26N2O2S/c20-12-15-6-8-16(9-7-15)13-24-14-19(23)21-18(10-11-22)17-4-2-1-3-5-17/h6-9,17-18,22H,1-5,10-11,13-14H2,(H,21,23). The Morgan fingerprint density at radius 3 is 2.62 bits per heavy atom. The second-order valence-corrected chi connectivity index (χ2v) is 7.37. The highest BCUT2D eigenvalue weighted by atomic mass is 32.2. The van der Waals surface area contributed by atoms with Crippen LogP contribution in [0.4, 0.5) is 0 Å². The lowest BCUT2D eigenvalue weighted by atomic mass is 9.83. The number of aliphatic hydroxyl groups excluding tert-OH is 1. The summed E-state index contributed by atoms with van der Waals surface area (Å²) in [6, 6.07) is 9.68. The lowest BCUT2D eigenvalue weighted by molar-refractivity contribution is -0.119. The molecular formula is C19H26N2O2S. The third-order valence-corrected chi connectivity index (χ3v) is 5.59. The topological polar surface area (TPSA) is 73.1 Å². The van der Waals surface area contributed by atoms with E-state index < -0.39 is 0 Å². The highest BCUT2D eigenvalue weighted by Crippen LogP contribution is 2.27. The molecule has 1 aromatic carbocycles. The van der Waals surface area contributed by atoms with Crippen LogP contribution in [0.2, 0.25) is 0 Å². The van der Waals surface area contributed by atoms with Gasteiger partial charge in [-0.1, -0.05) is 31.4 Å². The predicted molar refractivity (Wildman–Crippen MR) is 97.5 cm³/mol. The Morgan fingerprint density at radius 1 is 1.29 bits per heavy atom. The summed E-state index contributed by atoms with van der Waals surface area (Å²) in [6.07, 6.45) is 6.71. The molecular weight excluding hydrogens is 320 g/mol. The van der Waals surface area contributed by atoms with Crippen LogP contribution in [0.5, 0.6) is 0 Å². The average molecular weight is 346 g/mol. The SMILES string of the molecule is N#Cc1ccc(CSCC(=O)NC(CCO)C2CCCCC2)cc1. The molecule has 0 bridgehead atoms. The van der Waals surface area contributed by atoms with E-state index in [-0.39, 0.29) is 18.6 Å². The Hall–Kier alpha value is -1.51. The van der Waals surface area contributed by atoms with Crippen molar-refractivity contribution in [3.05, 3.63) is 35.4 Å². The van der Waals surface area contributed by atoms with E-state index in [0.29, 0.717) is 23.7 Å². The van der Waals surface area contributed by atoms with Gasteiger partial charge in [-0.3, -0.25) is 4.79 Å². The van der Waals surface area contributed by atoms with Crippen molar-refractivity contribution < 1.29 is 9.90 Å². The molecule has 1 aliphatic carbocycles. The number of nitrogens with zero attached hydrogens (tertiary/aromatic N) is 1. The molecule has 1 atom stereocenters. The number of benzene rings is 1.